The summed E-state index contributed by atoms with van der Waals surface area (Å²) in [4.78, 5) is 49.1. The molecule has 1 unspecified atom stereocenters. The largest absolute Gasteiger partial charge is 1.00 e. The number of carboxylic acid groups (broad SMARTS) is 1. The molecule has 0 spiro atoms. The summed E-state index contributed by atoms with van der Waals surface area (Å²) in [6.07, 6.45) is 10.3. The molecule has 7 nitrogen and oxygen atoms in total. The molecule has 8 heteroatoms. The molecule has 0 bridgehead atoms. The van der Waals surface area contributed by atoms with Gasteiger partial charge in [0, 0.05) is 0 Å². The fourth-order valence-corrected chi connectivity index (χ4v) is 2.30. The third-order valence-electron chi connectivity index (χ3n) is 3.86. The molecular formula is C21H32NNaO6. The number of nitrogens with zero attached hydrogens (tertiary/aromatic N) is 1. The minimum absolute atomic E-state index is 0. The fraction of sp³-hybridized carbons (Fsp3) is 0.619. The maximum absolute atomic E-state index is 12.5. The van der Waals surface area contributed by atoms with E-state index < -0.39 is 36.2 Å². The summed E-state index contributed by atoms with van der Waals surface area (Å²) in [5, 5.41) is 11.6. The zero-order valence-electron chi connectivity index (χ0n) is 18.1. The summed E-state index contributed by atoms with van der Waals surface area (Å²) in [5.74, 6) is -4.07. The number of unbranched alkanes of at least 4 members (excludes halogenated alkanes) is 4. The molecule has 0 radical (unpaired) electrons. The van der Waals surface area contributed by atoms with Gasteiger partial charge in [0.25, 0.3) is 11.8 Å². The molecule has 0 heterocycles. The van der Waals surface area contributed by atoms with Crippen LogP contribution in [0.15, 0.2) is 24.3 Å². The Labute approximate surface area is 195 Å². The average molecular weight is 417 g/mol. The number of imide groups is 1. The summed E-state index contributed by atoms with van der Waals surface area (Å²) >= 11 is 0. The number of carboxylic acids is 1. The van der Waals surface area contributed by atoms with Crippen molar-refractivity contribution in [3.63, 3.8) is 0 Å². The molecule has 0 rings (SSSR count). The molecule has 29 heavy (non-hydrogen) atoms. The van der Waals surface area contributed by atoms with Crippen molar-refractivity contribution < 1.29 is 58.6 Å². The van der Waals surface area contributed by atoms with Gasteiger partial charge in [0.1, 0.15) is 0 Å². The Morgan fingerprint density at radius 3 is 1.76 bits per heavy atom. The van der Waals surface area contributed by atoms with Crippen LogP contribution in [0.1, 0.15) is 72.1 Å². The first-order chi connectivity index (χ1) is 13.4. The minimum Gasteiger partial charge on any atom is -0.548 e. The van der Waals surface area contributed by atoms with E-state index in [4.69, 9.17) is 4.74 Å². The first kappa shape index (κ1) is 29.8. The normalized spacial score (nSPS) is 11.8. The van der Waals surface area contributed by atoms with Crippen molar-refractivity contribution in [1.29, 1.82) is 0 Å². The Kier molecular flexibility index (Phi) is 19.1. The minimum atomic E-state index is -1.73. The van der Waals surface area contributed by atoms with Crippen molar-refractivity contribution in [3.05, 3.63) is 24.3 Å². The van der Waals surface area contributed by atoms with E-state index in [9.17, 15) is 24.3 Å². The van der Waals surface area contributed by atoms with Crippen molar-refractivity contribution in [3.8, 4) is 0 Å². The van der Waals surface area contributed by atoms with Crippen LogP contribution in [0.2, 0.25) is 0 Å². The van der Waals surface area contributed by atoms with E-state index in [1.165, 1.54) is 12.2 Å². The topological polar surface area (TPSA) is 104 Å². The number of carbonyl (C=O) groups is 4. The van der Waals surface area contributed by atoms with Gasteiger partial charge in [-0.2, -0.15) is 0 Å². The molecule has 0 aliphatic carbocycles. The molecule has 0 aliphatic rings. The second-order valence-electron chi connectivity index (χ2n) is 6.40. The van der Waals surface area contributed by atoms with E-state index >= 15 is 0 Å². The Morgan fingerprint density at radius 1 is 0.897 bits per heavy atom. The van der Waals surface area contributed by atoms with Crippen molar-refractivity contribution in [2.45, 2.75) is 78.2 Å². The van der Waals surface area contributed by atoms with E-state index in [-0.39, 0.29) is 36.2 Å². The predicted molar refractivity (Wildman–Crippen MR) is 104 cm³/mol. The number of allylic oxidation sites excluding steroid dienone is 2. The molecule has 158 valence electrons. The number of carbonyl (C=O) groups excluding carboxylic acids is 4. The molecule has 1 atom stereocenters. The molecule has 0 saturated heterocycles. The number of amides is 2. The van der Waals surface area contributed by atoms with E-state index in [1.807, 2.05) is 13.8 Å². The van der Waals surface area contributed by atoms with Crippen LogP contribution in [0, 0.1) is 0 Å². The van der Waals surface area contributed by atoms with Crippen LogP contribution in [0.3, 0.4) is 0 Å². The van der Waals surface area contributed by atoms with Gasteiger partial charge in [-0.05, 0) is 31.4 Å². The molecular weight excluding hydrogens is 385 g/mol. The van der Waals surface area contributed by atoms with Crippen LogP contribution in [0.5, 0.6) is 0 Å². The maximum Gasteiger partial charge on any atom is 1.00 e. The smallest absolute Gasteiger partial charge is 0.548 e. The van der Waals surface area contributed by atoms with Gasteiger partial charge in [-0.25, -0.2) is 0 Å². The van der Waals surface area contributed by atoms with E-state index in [0.29, 0.717) is 24.2 Å². The van der Waals surface area contributed by atoms with Crippen LogP contribution in [-0.4, -0.2) is 41.3 Å². The van der Waals surface area contributed by atoms with E-state index in [1.54, 1.807) is 19.1 Å². The molecule has 0 N–H and O–H groups in total. The quantitative estimate of drug-likeness (QED) is 0.160. The van der Waals surface area contributed by atoms with E-state index in [0.717, 1.165) is 25.7 Å². The Morgan fingerprint density at radius 2 is 1.38 bits per heavy atom. The predicted octanol–water partition coefficient (Wildman–Crippen LogP) is -0.700. The first-order valence-electron chi connectivity index (χ1n) is 9.95. The molecule has 0 fully saturated rings. The SMILES string of the molecule is CCCC/C=C/C(=O)N(C(=O)/C=C/CCCC)C(CC(=O)OCCC)C(=O)[O-].[Na+]. The third kappa shape index (κ3) is 13.4. The molecule has 2 amide bonds. The van der Waals surface area contributed by atoms with Crippen molar-refractivity contribution in [2.24, 2.45) is 0 Å². The number of esters is 1. The van der Waals surface area contributed by atoms with Gasteiger partial charge in [-0.15, -0.1) is 0 Å². The van der Waals surface area contributed by atoms with Gasteiger partial charge in [0.05, 0.1) is 25.0 Å². The van der Waals surface area contributed by atoms with Crippen molar-refractivity contribution >= 4 is 23.8 Å². The number of rotatable bonds is 14. The van der Waals surface area contributed by atoms with Crippen LogP contribution in [0.25, 0.3) is 0 Å². The second kappa shape index (κ2) is 18.6. The number of hydrogen-bond acceptors (Lipinski definition) is 6. The number of ether oxygens (including phenoxy) is 1. The summed E-state index contributed by atoms with van der Waals surface area (Å²) in [6.45, 7) is 5.93. The van der Waals surface area contributed by atoms with Gasteiger partial charge in [-0.1, -0.05) is 58.6 Å². The Balaban J connectivity index is 0. The maximum atomic E-state index is 12.5. The van der Waals surface area contributed by atoms with Crippen LogP contribution in [-0.2, 0) is 23.9 Å². The first-order valence-corrected chi connectivity index (χ1v) is 9.95. The number of aliphatic carboxylic acids is 1. The molecule has 0 saturated carbocycles. The van der Waals surface area contributed by atoms with Gasteiger partial charge in [-0.3, -0.25) is 19.3 Å². The second-order valence-corrected chi connectivity index (χ2v) is 6.40. The summed E-state index contributed by atoms with van der Waals surface area (Å²) in [7, 11) is 0. The van der Waals surface area contributed by atoms with Gasteiger partial charge in [0.2, 0.25) is 0 Å². The van der Waals surface area contributed by atoms with Gasteiger partial charge in [0.15, 0.2) is 0 Å². The van der Waals surface area contributed by atoms with Crippen molar-refractivity contribution in [1.82, 2.24) is 4.90 Å². The van der Waals surface area contributed by atoms with E-state index in [2.05, 4.69) is 0 Å². The zero-order valence-corrected chi connectivity index (χ0v) is 20.1. The van der Waals surface area contributed by atoms with Gasteiger partial charge >= 0.3 is 35.5 Å². The van der Waals surface area contributed by atoms with Crippen LogP contribution < -0.4 is 34.7 Å². The fourth-order valence-electron chi connectivity index (χ4n) is 2.30. The standard InChI is InChI=1S/C21H33NO6.Na/c1-4-7-9-11-13-18(23)22(19(24)14-12-10-8-5-2)17(21(26)27)16-20(25)28-15-6-3;/h11-14,17H,4-10,15-16H2,1-3H3,(H,26,27);/q;+1/p-1/b13-11+,14-12+;. The summed E-state index contributed by atoms with van der Waals surface area (Å²) < 4.78 is 4.89. The Hall–Kier alpha value is -1.44. The molecule has 0 aromatic rings. The summed E-state index contributed by atoms with van der Waals surface area (Å²) in [6, 6.07) is -1.73. The zero-order chi connectivity index (χ0) is 21.4. The van der Waals surface area contributed by atoms with Crippen LogP contribution >= 0.6 is 0 Å². The molecule has 0 aromatic heterocycles. The monoisotopic (exact) mass is 417 g/mol. The average Bonchev–Trinajstić information content (AvgIpc) is 2.66. The van der Waals surface area contributed by atoms with Crippen molar-refractivity contribution in [2.75, 3.05) is 6.61 Å². The Bertz CT molecular complexity index is 544. The number of hydrogen-bond donors (Lipinski definition) is 0. The third-order valence-corrected chi connectivity index (χ3v) is 3.86. The van der Waals surface area contributed by atoms with Gasteiger partial charge < -0.3 is 14.6 Å². The summed E-state index contributed by atoms with van der Waals surface area (Å²) in [5.41, 5.74) is 0. The molecule has 0 aromatic carbocycles. The molecule has 0 aliphatic heterocycles. The van der Waals surface area contributed by atoms with Crippen LogP contribution in [0.4, 0.5) is 0 Å².